The number of hydroxylamine groups is 1. The summed E-state index contributed by atoms with van der Waals surface area (Å²) < 4.78 is 10.4. The number of hydrogen-bond acceptors (Lipinski definition) is 4. The Morgan fingerprint density at radius 3 is 2.48 bits per heavy atom. The van der Waals surface area contributed by atoms with Crippen LogP contribution < -0.4 is 14.5 Å². The van der Waals surface area contributed by atoms with E-state index in [4.69, 9.17) is 9.47 Å². The second-order valence-electron chi connectivity index (χ2n) is 4.56. The molecule has 0 aromatic heterocycles. The van der Waals surface area contributed by atoms with Crippen LogP contribution in [0.25, 0.3) is 0 Å². The number of nitrogens with one attached hydrogen (secondary N) is 1. The van der Waals surface area contributed by atoms with Crippen LogP contribution in [0.1, 0.15) is 12.5 Å². The van der Waals surface area contributed by atoms with Crippen molar-refractivity contribution in [1.82, 2.24) is 0 Å². The van der Waals surface area contributed by atoms with Gasteiger partial charge in [-0.25, -0.2) is 0 Å². The molecule has 2 aromatic rings. The van der Waals surface area contributed by atoms with Gasteiger partial charge in [-0.2, -0.15) is 0 Å². The Labute approximate surface area is 123 Å². The van der Waals surface area contributed by atoms with Crippen LogP contribution in [0.5, 0.6) is 17.2 Å². The van der Waals surface area contributed by atoms with Crippen molar-refractivity contribution in [2.45, 2.75) is 13.5 Å². The lowest BCUT2D eigenvalue weighted by Crippen LogP contribution is -3.00. The van der Waals surface area contributed by atoms with Gasteiger partial charge in [-0.05, 0) is 37.3 Å². The number of rotatable bonds is 6. The molecule has 0 saturated heterocycles. The zero-order chi connectivity index (χ0) is 15.2. The molecule has 1 unspecified atom stereocenters. The molecule has 112 valence electrons. The van der Waals surface area contributed by atoms with Gasteiger partial charge in [0.2, 0.25) is 0 Å². The van der Waals surface area contributed by atoms with Crippen molar-refractivity contribution in [2.24, 2.45) is 0 Å². The summed E-state index contributed by atoms with van der Waals surface area (Å²) in [5, 5.41) is 21.9. The number of quaternary nitrogens is 1. The SMILES string of the molecule is CCOc1cc([NH+]([O-])Cc2ccc(OC)cc2)ccc1O. The van der Waals surface area contributed by atoms with Crippen LogP contribution in [0, 0.1) is 5.21 Å². The molecule has 0 heterocycles. The summed E-state index contributed by atoms with van der Waals surface area (Å²) in [6.07, 6.45) is 0. The molecule has 21 heavy (non-hydrogen) atoms. The fraction of sp³-hybridized carbons (Fsp3) is 0.250. The first-order chi connectivity index (χ1) is 10.1. The Hall–Kier alpha value is -2.24. The first-order valence-electron chi connectivity index (χ1n) is 6.76. The zero-order valence-electron chi connectivity index (χ0n) is 12.1. The van der Waals surface area contributed by atoms with Crippen molar-refractivity contribution < 1.29 is 19.6 Å². The van der Waals surface area contributed by atoms with Crippen LogP contribution in [-0.2, 0) is 6.54 Å². The van der Waals surface area contributed by atoms with Crippen LogP contribution in [-0.4, -0.2) is 18.8 Å². The average molecular weight is 289 g/mol. The Kier molecular flexibility index (Phi) is 5.03. The third kappa shape index (κ3) is 3.87. The standard InChI is InChI=1S/C16H19NO4/c1-3-21-16-10-13(6-9-15(16)18)17(19)11-12-4-7-14(20-2)8-5-12/h4-10,17-18H,3,11H2,1-2H3. The molecule has 1 atom stereocenters. The van der Waals surface area contributed by atoms with E-state index >= 15 is 0 Å². The molecule has 0 amide bonds. The highest BCUT2D eigenvalue weighted by atomic mass is 16.5. The van der Waals surface area contributed by atoms with Gasteiger partial charge in [-0.3, -0.25) is 0 Å². The number of ether oxygens (including phenoxy) is 2. The number of phenolic OH excluding ortho intramolecular Hbond substituents is 1. The molecule has 0 aliphatic rings. The summed E-state index contributed by atoms with van der Waals surface area (Å²) in [4.78, 5) is 0. The smallest absolute Gasteiger partial charge is 0.166 e. The van der Waals surface area contributed by atoms with Gasteiger partial charge in [0.05, 0.1) is 13.7 Å². The summed E-state index contributed by atoms with van der Waals surface area (Å²) in [5.74, 6) is 1.13. The van der Waals surface area contributed by atoms with E-state index < -0.39 is 0 Å². The summed E-state index contributed by atoms with van der Waals surface area (Å²) in [5.41, 5.74) is 1.43. The van der Waals surface area contributed by atoms with E-state index in [0.717, 1.165) is 11.3 Å². The van der Waals surface area contributed by atoms with Gasteiger partial charge in [0, 0.05) is 17.7 Å². The van der Waals surface area contributed by atoms with E-state index in [0.29, 0.717) is 24.6 Å². The molecule has 0 saturated carbocycles. The second kappa shape index (κ2) is 6.97. The molecule has 0 radical (unpaired) electrons. The number of methoxy groups -OCH3 is 1. The average Bonchev–Trinajstić information content (AvgIpc) is 2.50. The van der Waals surface area contributed by atoms with Crippen LogP contribution >= 0.6 is 0 Å². The van der Waals surface area contributed by atoms with Gasteiger partial charge >= 0.3 is 0 Å². The Bertz CT molecular complexity index is 583. The fourth-order valence-electron chi connectivity index (χ4n) is 1.99. The molecule has 0 spiro atoms. The topological polar surface area (TPSA) is 66.2 Å². The quantitative estimate of drug-likeness (QED) is 0.630. The third-order valence-electron chi connectivity index (χ3n) is 3.11. The van der Waals surface area contributed by atoms with Crippen LogP contribution in [0.2, 0.25) is 0 Å². The van der Waals surface area contributed by atoms with Crippen LogP contribution in [0.4, 0.5) is 5.69 Å². The van der Waals surface area contributed by atoms with Crippen molar-refractivity contribution in [1.29, 1.82) is 0 Å². The maximum Gasteiger partial charge on any atom is 0.166 e. The highest BCUT2D eigenvalue weighted by Gasteiger charge is 2.09. The maximum atomic E-state index is 12.3. The van der Waals surface area contributed by atoms with Gasteiger partial charge in [0.25, 0.3) is 0 Å². The Morgan fingerprint density at radius 1 is 1.14 bits per heavy atom. The predicted octanol–water partition coefficient (Wildman–Crippen LogP) is 2.01. The van der Waals surface area contributed by atoms with Crippen molar-refractivity contribution in [3.05, 3.63) is 53.2 Å². The van der Waals surface area contributed by atoms with Crippen LogP contribution in [0.15, 0.2) is 42.5 Å². The lowest BCUT2D eigenvalue weighted by Gasteiger charge is -2.22. The fourth-order valence-corrected chi connectivity index (χ4v) is 1.99. The Balaban J connectivity index is 2.11. The van der Waals surface area contributed by atoms with Crippen LogP contribution in [0.3, 0.4) is 0 Å². The number of benzene rings is 2. The predicted molar refractivity (Wildman–Crippen MR) is 80.0 cm³/mol. The van der Waals surface area contributed by atoms with Gasteiger partial charge < -0.3 is 24.9 Å². The number of aromatic hydroxyl groups is 1. The largest absolute Gasteiger partial charge is 0.629 e. The minimum Gasteiger partial charge on any atom is -0.629 e. The van der Waals surface area contributed by atoms with E-state index in [2.05, 4.69) is 0 Å². The first kappa shape index (κ1) is 15.2. The monoisotopic (exact) mass is 289 g/mol. The molecule has 5 heteroatoms. The van der Waals surface area contributed by atoms with Crippen molar-refractivity contribution in [3.8, 4) is 17.2 Å². The highest BCUT2D eigenvalue weighted by Crippen LogP contribution is 2.27. The van der Waals surface area contributed by atoms with E-state index in [1.807, 2.05) is 31.2 Å². The molecular formula is C16H19NO4. The lowest BCUT2D eigenvalue weighted by atomic mass is 10.2. The molecule has 2 N–H and O–H groups in total. The minimum absolute atomic E-state index is 0.0267. The molecule has 2 aromatic carbocycles. The Morgan fingerprint density at radius 2 is 1.86 bits per heavy atom. The molecule has 5 nitrogen and oxygen atoms in total. The first-order valence-corrected chi connectivity index (χ1v) is 6.76. The normalized spacial score (nSPS) is 12.0. The van der Waals surface area contributed by atoms with Gasteiger partial charge in [0.1, 0.15) is 18.0 Å². The van der Waals surface area contributed by atoms with Gasteiger partial charge in [0.15, 0.2) is 11.5 Å². The number of hydrogen-bond donors (Lipinski definition) is 2. The van der Waals surface area contributed by atoms with E-state index in [1.165, 1.54) is 6.07 Å². The van der Waals surface area contributed by atoms with E-state index in [1.54, 1.807) is 19.2 Å². The molecule has 2 rings (SSSR count). The number of phenols is 1. The van der Waals surface area contributed by atoms with E-state index in [-0.39, 0.29) is 10.8 Å². The van der Waals surface area contributed by atoms with Crippen molar-refractivity contribution in [3.63, 3.8) is 0 Å². The second-order valence-corrected chi connectivity index (χ2v) is 4.56. The lowest BCUT2D eigenvalue weighted by molar-refractivity contribution is -0.791. The van der Waals surface area contributed by atoms with Gasteiger partial charge in [-0.1, -0.05) is 0 Å². The van der Waals surface area contributed by atoms with Gasteiger partial charge in [-0.15, -0.1) is 0 Å². The van der Waals surface area contributed by atoms with E-state index in [9.17, 15) is 10.3 Å². The third-order valence-corrected chi connectivity index (χ3v) is 3.11. The summed E-state index contributed by atoms with van der Waals surface area (Å²) >= 11 is 0. The van der Waals surface area contributed by atoms with Crippen molar-refractivity contribution in [2.75, 3.05) is 13.7 Å². The maximum absolute atomic E-state index is 12.3. The summed E-state index contributed by atoms with van der Waals surface area (Å²) in [7, 11) is 1.60. The van der Waals surface area contributed by atoms with Crippen molar-refractivity contribution >= 4 is 5.69 Å². The molecular weight excluding hydrogens is 270 g/mol. The highest BCUT2D eigenvalue weighted by molar-refractivity contribution is 5.47. The molecule has 0 aliphatic carbocycles. The molecule has 0 aliphatic heterocycles. The minimum atomic E-state index is -0.0267. The molecule has 0 fully saturated rings. The summed E-state index contributed by atoms with van der Waals surface area (Å²) in [6, 6.07) is 12.0. The zero-order valence-corrected chi connectivity index (χ0v) is 12.1. The molecule has 0 bridgehead atoms. The summed E-state index contributed by atoms with van der Waals surface area (Å²) in [6.45, 7) is 2.55.